The zero-order valence-electron chi connectivity index (χ0n) is 16.0. The van der Waals surface area contributed by atoms with Gasteiger partial charge in [-0.3, -0.25) is 14.6 Å². The van der Waals surface area contributed by atoms with E-state index < -0.39 is 0 Å². The second-order valence-corrected chi connectivity index (χ2v) is 6.78. The number of carbonyl (C=O) groups is 1. The van der Waals surface area contributed by atoms with Crippen LogP contribution in [-0.2, 0) is 22.7 Å². The third-order valence-corrected chi connectivity index (χ3v) is 4.70. The molecule has 1 aliphatic rings. The smallest absolute Gasteiger partial charge is 0.320 e. The molecule has 27 heavy (non-hydrogen) atoms. The Morgan fingerprint density at radius 1 is 0.889 bits per heavy atom. The van der Waals surface area contributed by atoms with Crippen molar-refractivity contribution in [1.82, 2.24) is 9.80 Å². The minimum absolute atomic E-state index is 0.128. The van der Waals surface area contributed by atoms with Crippen LogP contribution in [0.2, 0.25) is 0 Å². The van der Waals surface area contributed by atoms with E-state index in [9.17, 15) is 4.79 Å². The van der Waals surface area contributed by atoms with Crippen molar-refractivity contribution in [1.29, 1.82) is 0 Å². The van der Waals surface area contributed by atoms with Gasteiger partial charge in [-0.15, -0.1) is 0 Å². The molecule has 1 aliphatic heterocycles. The highest BCUT2D eigenvalue weighted by atomic mass is 16.5. The summed E-state index contributed by atoms with van der Waals surface area (Å²) in [5.74, 6) is 0.763. The maximum absolute atomic E-state index is 11.6. The largest absolute Gasteiger partial charge is 0.489 e. The molecule has 1 fully saturated rings. The van der Waals surface area contributed by atoms with Crippen LogP contribution < -0.4 is 4.74 Å². The third-order valence-electron chi connectivity index (χ3n) is 4.70. The quantitative estimate of drug-likeness (QED) is 0.670. The minimum atomic E-state index is -0.128. The van der Waals surface area contributed by atoms with E-state index in [1.807, 2.05) is 37.3 Å². The van der Waals surface area contributed by atoms with Crippen molar-refractivity contribution in [3.05, 3.63) is 65.7 Å². The Morgan fingerprint density at radius 2 is 1.56 bits per heavy atom. The van der Waals surface area contributed by atoms with Crippen LogP contribution in [0, 0.1) is 0 Å². The molecule has 0 amide bonds. The molecule has 5 nitrogen and oxygen atoms in total. The number of ether oxygens (including phenoxy) is 2. The monoisotopic (exact) mass is 368 g/mol. The molecule has 0 aliphatic carbocycles. The van der Waals surface area contributed by atoms with E-state index in [-0.39, 0.29) is 5.97 Å². The van der Waals surface area contributed by atoms with Gasteiger partial charge in [0.25, 0.3) is 0 Å². The molecule has 1 saturated heterocycles. The van der Waals surface area contributed by atoms with Crippen molar-refractivity contribution < 1.29 is 14.3 Å². The molecule has 0 bridgehead atoms. The number of esters is 1. The van der Waals surface area contributed by atoms with Crippen LogP contribution in [0.1, 0.15) is 18.1 Å². The van der Waals surface area contributed by atoms with Crippen LogP contribution in [0.25, 0.3) is 0 Å². The molecule has 3 rings (SSSR count). The van der Waals surface area contributed by atoms with E-state index in [1.54, 1.807) is 0 Å². The first kappa shape index (κ1) is 19.4. The van der Waals surface area contributed by atoms with Crippen molar-refractivity contribution in [2.75, 3.05) is 39.3 Å². The fourth-order valence-electron chi connectivity index (χ4n) is 3.18. The Hall–Kier alpha value is -2.37. The summed E-state index contributed by atoms with van der Waals surface area (Å²) >= 11 is 0. The van der Waals surface area contributed by atoms with Crippen LogP contribution in [0.15, 0.2) is 54.6 Å². The highest BCUT2D eigenvalue weighted by molar-refractivity contribution is 5.71. The van der Waals surface area contributed by atoms with Crippen LogP contribution >= 0.6 is 0 Å². The standard InChI is InChI=1S/C22H28N2O3/c1-2-26-22(25)17-24-14-12-23(13-15-24)16-19-8-10-21(11-9-19)27-18-20-6-4-3-5-7-20/h3-11H,2,12-18H2,1H3. The van der Waals surface area contributed by atoms with Crippen molar-refractivity contribution in [3.8, 4) is 5.75 Å². The Bertz CT molecular complexity index is 695. The van der Waals surface area contributed by atoms with E-state index in [0.717, 1.165) is 38.5 Å². The van der Waals surface area contributed by atoms with E-state index in [4.69, 9.17) is 9.47 Å². The molecule has 0 unspecified atom stereocenters. The molecule has 0 atom stereocenters. The number of hydrogen-bond acceptors (Lipinski definition) is 5. The van der Waals surface area contributed by atoms with Gasteiger partial charge in [-0.25, -0.2) is 0 Å². The molecular weight excluding hydrogens is 340 g/mol. The van der Waals surface area contributed by atoms with Gasteiger partial charge in [-0.1, -0.05) is 42.5 Å². The first-order chi connectivity index (χ1) is 13.2. The highest BCUT2D eigenvalue weighted by Gasteiger charge is 2.19. The van der Waals surface area contributed by atoms with E-state index >= 15 is 0 Å². The maximum Gasteiger partial charge on any atom is 0.320 e. The molecule has 2 aromatic rings. The van der Waals surface area contributed by atoms with Crippen molar-refractivity contribution >= 4 is 5.97 Å². The van der Waals surface area contributed by atoms with Crippen LogP contribution in [-0.4, -0.2) is 55.1 Å². The van der Waals surface area contributed by atoms with Gasteiger partial charge in [0.05, 0.1) is 13.2 Å². The summed E-state index contributed by atoms with van der Waals surface area (Å²) in [5, 5.41) is 0. The third kappa shape index (κ3) is 6.38. The summed E-state index contributed by atoms with van der Waals surface area (Å²) in [6.45, 7) is 7.92. The van der Waals surface area contributed by atoms with E-state index in [2.05, 4.69) is 34.1 Å². The second-order valence-electron chi connectivity index (χ2n) is 6.78. The Labute approximate surface area is 161 Å². The number of benzene rings is 2. The lowest BCUT2D eigenvalue weighted by molar-refractivity contribution is -0.144. The summed E-state index contributed by atoms with van der Waals surface area (Å²) in [6.07, 6.45) is 0. The number of piperazine rings is 1. The normalized spacial score (nSPS) is 15.4. The summed E-state index contributed by atoms with van der Waals surface area (Å²) in [6, 6.07) is 18.5. The van der Waals surface area contributed by atoms with Crippen LogP contribution in [0.3, 0.4) is 0 Å². The van der Waals surface area contributed by atoms with Gasteiger partial charge < -0.3 is 9.47 Å². The number of nitrogens with zero attached hydrogens (tertiary/aromatic N) is 2. The second kappa shape index (κ2) is 10.1. The summed E-state index contributed by atoms with van der Waals surface area (Å²) in [7, 11) is 0. The minimum Gasteiger partial charge on any atom is -0.489 e. The highest BCUT2D eigenvalue weighted by Crippen LogP contribution is 2.16. The van der Waals surface area contributed by atoms with Crippen molar-refractivity contribution in [3.63, 3.8) is 0 Å². The van der Waals surface area contributed by atoms with Gasteiger partial charge >= 0.3 is 5.97 Å². The lowest BCUT2D eigenvalue weighted by Crippen LogP contribution is -2.47. The lowest BCUT2D eigenvalue weighted by Gasteiger charge is -2.34. The molecule has 0 aromatic heterocycles. The van der Waals surface area contributed by atoms with E-state index in [1.165, 1.54) is 11.1 Å². The number of rotatable bonds is 8. The van der Waals surface area contributed by atoms with Gasteiger partial charge in [-0.05, 0) is 30.2 Å². The average Bonchev–Trinajstić information content (AvgIpc) is 2.70. The average molecular weight is 368 g/mol. The summed E-state index contributed by atoms with van der Waals surface area (Å²) in [5.41, 5.74) is 2.45. The molecule has 0 spiro atoms. The van der Waals surface area contributed by atoms with Crippen molar-refractivity contribution in [2.24, 2.45) is 0 Å². The fourth-order valence-corrected chi connectivity index (χ4v) is 3.18. The molecule has 2 aromatic carbocycles. The fraction of sp³-hybridized carbons (Fsp3) is 0.409. The van der Waals surface area contributed by atoms with Gasteiger partial charge in [0.2, 0.25) is 0 Å². The first-order valence-electron chi connectivity index (χ1n) is 9.59. The first-order valence-corrected chi connectivity index (χ1v) is 9.59. The predicted molar refractivity (Wildman–Crippen MR) is 106 cm³/mol. The molecule has 0 saturated carbocycles. The Balaban J connectivity index is 1.40. The molecule has 1 heterocycles. The van der Waals surface area contributed by atoms with Gasteiger partial charge in [0.15, 0.2) is 0 Å². The molecule has 144 valence electrons. The molecular formula is C22H28N2O3. The Kier molecular flexibility index (Phi) is 7.25. The summed E-state index contributed by atoms with van der Waals surface area (Å²) in [4.78, 5) is 16.2. The van der Waals surface area contributed by atoms with Gasteiger partial charge in [-0.2, -0.15) is 0 Å². The van der Waals surface area contributed by atoms with Gasteiger partial charge in [0.1, 0.15) is 12.4 Å². The number of hydrogen-bond donors (Lipinski definition) is 0. The zero-order chi connectivity index (χ0) is 18.9. The maximum atomic E-state index is 11.6. The SMILES string of the molecule is CCOC(=O)CN1CCN(Cc2ccc(OCc3ccccc3)cc2)CC1. The van der Waals surface area contributed by atoms with Crippen LogP contribution in [0.5, 0.6) is 5.75 Å². The Morgan fingerprint density at radius 3 is 2.22 bits per heavy atom. The van der Waals surface area contributed by atoms with Crippen LogP contribution in [0.4, 0.5) is 0 Å². The zero-order valence-corrected chi connectivity index (χ0v) is 16.0. The molecule has 0 N–H and O–H groups in total. The van der Waals surface area contributed by atoms with Gasteiger partial charge in [0, 0.05) is 32.7 Å². The lowest BCUT2D eigenvalue weighted by atomic mass is 10.2. The summed E-state index contributed by atoms with van der Waals surface area (Å²) < 4.78 is 10.9. The topological polar surface area (TPSA) is 42.0 Å². The number of carbonyl (C=O) groups excluding carboxylic acids is 1. The molecule has 5 heteroatoms. The predicted octanol–water partition coefficient (Wildman–Crippen LogP) is 2.95. The molecule has 0 radical (unpaired) electrons. The van der Waals surface area contributed by atoms with Crippen molar-refractivity contribution in [2.45, 2.75) is 20.1 Å². The van der Waals surface area contributed by atoms with E-state index in [0.29, 0.717) is 19.8 Å².